The van der Waals surface area contributed by atoms with Crippen LogP contribution in [-0.2, 0) is 11.3 Å². The van der Waals surface area contributed by atoms with Crippen molar-refractivity contribution in [3.63, 3.8) is 0 Å². The normalized spacial score (nSPS) is 11.4. The van der Waals surface area contributed by atoms with Gasteiger partial charge in [-0.15, -0.1) is 0 Å². The number of carbonyl (C=O) groups is 1. The highest BCUT2D eigenvalue weighted by Gasteiger charge is 2.16. The summed E-state index contributed by atoms with van der Waals surface area (Å²) in [6, 6.07) is 7.98. The van der Waals surface area contributed by atoms with Crippen LogP contribution < -0.4 is 5.32 Å². The lowest BCUT2D eigenvalue weighted by atomic mass is 10.2. The topological polar surface area (TPSA) is 64.7 Å². The van der Waals surface area contributed by atoms with Gasteiger partial charge in [-0.2, -0.15) is 10.2 Å². The Kier molecular flexibility index (Phi) is 4.81. The molecule has 0 spiro atoms. The number of aromatic nitrogens is 4. The van der Waals surface area contributed by atoms with E-state index in [0.717, 1.165) is 28.0 Å². The van der Waals surface area contributed by atoms with Crippen LogP contribution in [0.15, 0.2) is 24.3 Å². The van der Waals surface area contributed by atoms with Gasteiger partial charge in [-0.05, 0) is 39.8 Å². The third-order valence-electron chi connectivity index (χ3n) is 4.24. The first-order valence-corrected chi connectivity index (χ1v) is 8.73. The van der Waals surface area contributed by atoms with Crippen molar-refractivity contribution in [1.29, 1.82) is 0 Å². The molecular formula is C18H22ClN5O. The Balaban J connectivity index is 1.71. The second-order valence-corrected chi connectivity index (χ2v) is 6.77. The zero-order chi connectivity index (χ0) is 18.1. The summed E-state index contributed by atoms with van der Waals surface area (Å²) in [6.45, 7) is 8.48. The fourth-order valence-electron chi connectivity index (χ4n) is 3.01. The Hall–Kier alpha value is -2.34. The number of anilines is 1. The van der Waals surface area contributed by atoms with Gasteiger partial charge in [-0.3, -0.25) is 14.2 Å². The summed E-state index contributed by atoms with van der Waals surface area (Å²) in [4.78, 5) is 12.4. The Morgan fingerprint density at radius 1 is 1.24 bits per heavy atom. The molecule has 0 saturated heterocycles. The molecule has 0 aliphatic carbocycles. The molecule has 0 aliphatic rings. The van der Waals surface area contributed by atoms with Crippen LogP contribution in [0, 0.1) is 13.8 Å². The minimum atomic E-state index is -0.0646. The Morgan fingerprint density at radius 3 is 2.64 bits per heavy atom. The standard InChI is InChI=1S/C18H22ClN5O/c1-11(2)24-13(4)17(12(3)21-24)20-16(25)9-10-23-15-8-6-5-7-14(15)18(19)22-23/h5-8,11H,9-10H2,1-4H3,(H,20,25). The number of benzene rings is 1. The van der Waals surface area contributed by atoms with Crippen LogP contribution in [0.25, 0.3) is 10.9 Å². The first-order valence-electron chi connectivity index (χ1n) is 8.35. The van der Waals surface area contributed by atoms with E-state index in [2.05, 4.69) is 29.4 Å². The molecule has 0 saturated carbocycles. The summed E-state index contributed by atoms with van der Waals surface area (Å²) >= 11 is 6.15. The molecule has 0 aliphatic heterocycles. The van der Waals surface area contributed by atoms with E-state index >= 15 is 0 Å². The Bertz CT molecular complexity index is 925. The molecule has 6 nitrogen and oxygen atoms in total. The van der Waals surface area contributed by atoms with E-state index in [1.807, 2.05) is 42.8 Å². The minimum absolute atomic E-state index is 0.0646. The average molecular weight is 360 g/mol. The molecule has 2 aromatic heterocycles. The molecule has 0 radical (unpaired) electrons. The van der Waals surface area contributed by atoms with E-state index in [9.17, 15) is 4.79 Å². The molecular weight excluding hydrogens is 338 g/mol. The van der Waals surface area contributed by atoms with Crippen molar-refractivity contribution in [2.45, 2.75) is 46.7 Å². The van der Waals surface area contributed by atoms with Crippen molar-refractivity contribution in [3.05, 3.63) is 40.8 Å². The fourth-order valence-corrected chi connectivity index (χ4v) is 3.26. The fraction of sp³-hybridized carbons (Fsp3) is 0.389. The monoisotopic (exact) mass is 359 g/mol. The van der Waals surface area contributed by atoms with Crippen LogP contribution in [0.1, 0.15) is 37.7 Å². The average Bonchev–Trinajstić information content (AvgIpc) is 3.05. The number of halogens is 1. The zero-order valence-corrected chi connectivity index (χ0v) is 15.6. The van der Waals surface area contributed by atoms with E-state index < -0.39 is 0 Å². The van der Waals surface area contributed by atoms with Gasteiger partial charge in [0.15, 0.2) is 5.15 Å². The first kappa shape index (κ1) is 17.5. The SMILES string of the molecule is Cc1nn(C(C)C)c(C)c1NC(=O)CCn1nc(Cl)c2ccccc21. The summed E-state index contributed by atoms with van der Waals surface area (Å²) in [7, 11) is 0. The molecule has 0 bridgehead atoms. The highest BCUT2D eigenvalue weighted by Crippen LogP contribution is 2.24. The van der Waals surface area contributed by atoms with E-state index in [-0.39, 0.29) is 11.9 Å². The van der Waals surface area contributed by atoms with Crippen molar-refractivity contribution in [2.75, 3.05) is 5.32 Å². The van der Waals surface area contributed by atoms with Gasteiger partial charge in [0.25, 0.3) is 0 Å². The number of nitrogens with one attached hydrogen (secondary N) is 1. The number of fused-ring (bicyclic) bond motifs is 1. The predicted molar refractivity (Wildman–Crippen MR) is 100 cm³/mol. The van der Waals surface area contributed by atoms with Crippen LogP contribution in [0.2, 0.25) is 5.15 Å². The van der Waals surface area contributed by atoms with E-state index in [0.29, 0.717) is 18.1 Å². The van der Waals surface area contributed by atoms with Gasteiger partial charge in [0, 0.05) is 17.8 Å². The molecule has 0 unspecified atom stereocenters. The number of amides is 1. The van der Waals surface area contributed by atoms with Crippen LogP contribution in [0.4, 0.5) is 5.69 Å². The molecule has 132 valence electrons. The number of carbonyl (C=O) groups excluding carboxylic acids is 1. The van der Waals surface area contributed by atoms with Gasteiger partial charge in [0.2, 0.25) is 5.91 Å². The summed E-state index contributed by atoms with van der Waals surface area (Å²) in [5, 5.41) is 13.1. The predicted octanol–water partition coefficient (Wildman–Crippen LogP) is 4.11. The minimum Gasteiger partial charge on any atom is -0.323 e. The molecule has 1 N–H and O–H groups in total. The third-order valence-corrected chi connectivity index (χ3v) is 4.52. The summed E-state index contributed by atoms with van der Waals surface area (Å²) in [6.07, 6.45) is 0.313. The third kappa shape index (κ3) is 3.39. The zero-order valence-electron chi connectivity index (χ0n) is 14.9. The molecule has 3 aromatic rings. The van der Waals surface area contributed by atoms with Crippen LogP contribution in [0.3, 0.4) is 0 Å². The highest BCUT2D eigenvalue weighted by molar-refractivity contribution is 6.34. The van der Waals surface area contributed by atoms with Crippen molar-refractivity contribution in [1.82, 2.24) is 19.6 Å². The maximum atomic E-state index is 12.4. The summed E-state index contributed by atoms with van der Waals surface area (Å²) < 4.78 is 3.69. The molecule has 0 fully saturated rings. The molecule has 0 atom stereocenters. The molecule has 1 aromatic carbocycles. The molecule has 3 rings (SSSR count). The van der Waals surface area contributed by atoms with Crippen molar-refractivity contribution in [2.24, 2.45) is 0 Å². The number of hydrogen-bond donors (Lipinski definition) is 1. The lowest BCUT2D eigenvalue weighted by Crippen LogP contribution is -2.16. The quantitative estimate of drug-likeness (QED) is 0.745. The lowest BCUT2D eigenvalue weighted by Gasteiger charge is -2.09. The molecule has 25 heavy (non-hydrogen) atoms. The van der Waals surface area contributed by atoms with Gasteiger partial charge in [0.05, 0.1) is 29.1 Å². The van der Waals surface area contributed by atoms with E-state index in [4.69, 9.17) is 11.6 Å². The van der Waals surface area contributed by atoms with Gasteiger partial charge >= 0.3 is 0 Å². The van der Waals surface area contributed by atoms with Gasteiger partial charge in [-0.25, -0.2) is 0 Å². The molecule has 1 amide bonds. The van der Waals surface area contributed by atoms with Gasteiger partial charge in [0.1, 0.15) is 0 Å². The van der Waals surface area contributed by atoms with Gasteiger partial charge in [-0.1, -0.05) is 23.7 Å². The molecule has 7 heteroatoms. The van der Waals surface area contributed by atoms with E-state index in [1.54, 1.807) is 4.68 Å². The highest BCUT2D eigenvalue weighted by atomic mass is 35.5. The molecule has 2 heterocycles. The Morgan fingerprint density at radius 2 is 1.96 bits per heavy atom. The van der Waals surface area contributed by atoms with Crippen molar-refractivity contribution in [3.8, 4) is 0 Å². The largest absolute Gasteiger partial charge is 0.323 e. The second kappa shape index (κ2) is 6.88. The summed E-state index contributed by atoms with van der Waals surface area (Å²) in [5.74, 6) is -0.0646. The van der Waals surface area contributed by atoms with Crippen molar-refractivity contribution >= 4 is 34.1 Å². The number of rotatable bonds is 5. The number of nitrogens with zero attached hydrogens (tertiary/aromatic N) is 4. The lowest BCUT2D eigenvalue weighted by molar-refractivity contribution is -0.116. The second-order valence-electron chi connectivity index (χ2n) is 6.41. The van der Waals surface area contributed by atoms with Crippen molar-refractivity contribution < 1.29 is 4.79 Å². The van der Waals surface area contributed by atoms with Crippen LogP contribution in [0.5, 0.6) is 0 Å². The maximum absolute atomic E-state index is 12.4. The number of para-hydroxylation sites is 1. The maximum Gasteiger partial charge on any atom is 0.226 e. The Labute approximate surface area is 151 Å². The van der Waals surface area contributed by atoms with Crippen LogP contribution in [-0.4, -0.2) is 25.5 Å². The first-order chi connectivity index (χ1) is 11.9. The van der Waals surface area contributed by atoms with E-state index in [1.165, 1.54) is 0 Å². The smallest absolute Gasteiger partial charge is 0.226 e. The number of hydrogen-bond acceptors (Lipinski definition) is 3. The summed E-state index contributed by atoms with van der Waals surface area (Å²) in [5.41, 5.74) is 3.52. The number of aryl methyl sites for hydroxylation is 2. The van der Waals surface area contributed by atoms with Gasteiger partial charge < -0.3 is 5.32 Å². The van der Waals surface area contributed by atoms with Crippen LogP contribution >= 0.6 is 11.6 Å².